The Balaban J connectivity index is 1.48. The number of amides is 1. The van der Waals surface area contributed by atoms with Gasteiger partial charge in [0.05, 0.1) is 17.0 Å². The highest BCUT2D eigenvalue weighted by Gasteiger charge is 2.49. The lowest BCUT2D eigenvalue weighted by molar-refractivity contribution is 0.0978. The first-order valence-electron chi connectivity index (χ1n) is 11.3. The number of primary sulfonamides is 1. The van der Waals surface area contributed by atoms with Crippen molar-refractivity contribution in [2.45, 2.75) is 55.8 Å². The molecule has 2 unspecified atom stereocenters. The Kier molecular flexibility index (Phi) is 6.51. The van der Waals surface area contributed by atoms with Crippen LogP contribution in [0.25, 0.3) is 0 Å². The van der Waals surface area contributed by atoms with E-state index in [9.17, 15) is 22.7 Å². The molecule has 1 amide bonds. The number of rotatable bonds is 4. The van der Waals surface area contributed by atoms with E-state index in [0.717, 1.165) is 12.8 Å². The number of fused-ring (bicyclic) bond motifs is 1. The van der Waals surface area contributed by atoms with Crippen LogP contribution in [0.5, 0.6) is 0 Å². The van der Waals surface area contributed by atoms with Crippen molar-refractivity contribution in [1.82, 2.24) is 9.55 Å². The van der Waals surface area contributed by atoms with Crippen LogP contribution in [0.4, 0.5) is 10.1 Å². The summed E-state index contributed by atoms with van der Waals surface area (Å²) in [5.74, 6) is 4.88. The third kappa shape index (κ3) is 5.09. The van der Waals surface area contributed by atoms with Crippen molar-refractivity contribution in [3.05, 3.63) is 46.8 Å². The van der Waals surface area contributed by atoms with Gasteiger partial charge in [0, 0.05) is 18.7 Å². The average Bonchev–Trinajstić information content (AvgIpc) is 3.39. The maximum Gasteiger partial charge on any atom is 0.274 e. The largest absolute Gasteiger partial charge is 0.378 e. The van der Waals surface area contributed by atoms with Gasteiger partial charge in [0.2, 0.25) is 10.0 Å². The summed E-state index contributed by atoms with van der Waals surface area (Å²) in [4.78, 5) is 17.5. The normalized spacial score (nSPS) is 26.2. The van der Waals surface area contributed by atoms with Crippen molar-refractivity contribution >= 4 is 33.2 Å². The SMILES string of the molecule is Cn1cnc(C2CC3CC(O)(C#CC(C)(C)S(N)(=O)=O)CC3C2)c1C(=O)Nc1ccc(F)c(Cl)c1. The number of benzene rings is 1. The molecule has 2 aromatic rings. The fraction of sp³-hybridized carbons (Fsp3) is 0.500. The van der Waals surface area contributed by atoms with E-state index in [2.05, 4.69) is 22.1 Å². The van der Waals surface area contributed by atoms with Gasteiger partial charge in [0.15, 0.2) is 0 Å². The number of aliphatic hydroxyl groups is 1. The topological polar surface area (TPSA) is 127 Å². The second-order valence-electron chi connectivity index (χ2n) is 10.1. The van der Waals surface area contributed by atoms with E-state index in [4.69, 9.17) is 16.7 Å². The Morgan fingerprint density at radius 3 is 2.54 bits per heavy atom. The van der Waals surface area contributed by atoms with Crippen LogP contribution in [0.15, 0.2) is 24.5 Å². The quantitative estimate of drug-likeness (QED) is 0.531. The molecule has 0 aliphatic heterocycles. The van der Waals surface area contributed by atoms with Gasteiger partial charge < -0.3 is 15.0 Å². The molecule has 0 radical (unpaired) electrons. The van der Waals surface area contributed by atoms with Crippen molar-refractivity contribution in [1.29, 1.82) is 0 Å². The Labute approximate surface area is 209 Å². The number of aromatic nitrogens is 2. The van der Waals surface area contributed by atoms with Crippen molar-refractivity contribution in [3.63, 3.8) is 0 Å². The highest BCUT2D eigenvalue weighted by Crippen LogP contribution is 2.53. The van der Waals surface area contributed by atoms with E-state index in [1.165, 1.54) is 32.0 Å². The number of sulfonamides is 1. The molecule has 2 saturated carbocycles. The number of halogens is 2. The lowest BCUT2D eigenvalue weighted by atomic mass is 9.92. The van der Waals surface area contributed by atoms with Crippen molar-refractivity contribution < 1.29 is 22.7 Å². The second kappa shape index (κ2) is 8.89. The van der Waals surface area contributed by atoms with Gasteiger partial charge in [-0.25, -0.2) is 22.9 Å². The number of aryl methyl sites for hydroxylation is 1. The van der Waals surface area contributed by atoms with E-state index in [1.807, 2.05) is 0 Å². The Morgan fingerprint density at radius 2 is 1.97 bits per heavy atom. The molecule has 8 nitrogen and oxygen atoms in total. The minimum absolute atomic E-state index is 0.0297. The van der Waals surface area contributed by atoms with E-state index in [-0.39, 0.29) is 28.7 Å². The van der Waals surface area contributed by atoms with Crippen LogP contribution < -0.4 is 10.5 Å². The second-order valence-corrected chi connectivity index (χ2v) is 12.6. The van der Waals surface area contributed by atoms with E-state index in [1.54, 1.807) is 17.9 Å². The van der Waals surface area contributed by atoms with Crippen LogP contribution in [-0.2, 0) is 17.1 Å². The first kappa shape index (κ1) is 25.6. The van der Waals surface area contributed by atoms with E-state index >= 15 is 0 Å². The number of nitrogens with zero attached hydrogens (tertiary/aromatic N) is 2. The molecule has 1 aromatic heterocycles. The van der Waals surface area contributed by atoms with Crippen molar-refractivity contribution in [2.75, 3.05) is 5.32 Å². The molecule has 2 atom stereocenters. The molecule has 1 heterocycles. The van der Waals surface area contributed by atoms with E-state index < -0.39 is 26.2 Å². The summed E-state index contributed by atoms with van der Waals surface area (Å²) >= 11 is 5.83. The molecule has 0 saturated heterocycles. The fourth-order valence-corrected chi connectivity index (χ4v) is 5.49. The first-order chi connectivity index (χ1) is 16.2. The fourth-order valence-electron chi connectivity index (χ4n) is 5.11. The lowest BCUT2D eigenvalue weighted by Gasteiger charge is -2.20. The third-order valence-electron chi connectivity index (χ3n) is 7.09. The number of hydrogen-bond acceptors (Lipinski definition) is 5. The zero-order valence-corrected chi connectivity index (χ0v) is 21.3. The standard InChI is InChI=1S/C24H28ClFN4O4S/c1-23(2,35(27,33)34)6-7-24(32)11-15-8-14(9-16(15)12-24)20-21(30(3)13-28-20)22(31)29-17-4-5-19(26)18(25)10-17/h4-5,10,13-16,32H,8-9,11-12H2,1-3H3,(H,29,31)(H2,27,33,34). The molecule has 4 N–H and O–H groups in total. The predicted octanol–water partition coefficient (Wildman–Crippen LogP) is 3.17. The van der Waals surface area contributed by atoms with Crippen LogP contribution in [0.3, 0.4) is 0 Å². The number of carbonyl (C=O) groups excluding carboxylic acids is 1. The zero-order chi connectivity index (χ0) is 25.8. The number of hydrogen-bond donors (Lipinski definition) is 3. The smallest absolute Gasteiger partial charge is 0.274 e. The molecule has 2 fully saturated rings. The van der Waals surface area contributed by atoms with Crippen LogP contribution in [0.2, 0.25) is 5.02 Å². The molecule has 0 spiro atoms. The van der Waals surface area contributed by atoms with Gasteiger partial charge >= 0.3 is 0 Å². The summed E-state index contributed by atoms with van der Waals surface area (Å²) in [5.41, 5.74) is 0.204. The Bertz CT molecular complexity index is 1330. The molecular formula is C24H28ClFN4O4S. The summed E-state index contributed by atoms with van der Waals surface area (Å²) < 4.78 is 37.1. The van der Waals surface area contributed by atoms with Gasteiger partial charge in [-0.1, -0.05) is 23.4 Å². The Hall–Kier alpha value is -2.45. The van der Waals surface area contributed by atoms with Crippen molar-refractivity contribution in [2.24, 2.45) is 24.0 Å². The molecule has 35 heavy (non-hydrogen) atoms. The van der Waals surface area contributed by atoms with Crippen LogP contribution in [-0.4, -0.2) is 39.3 Å². The number of nitrogens with two attached hydrogens (primary N) is 1. The van der Waals surface area contributed by atoms with Gasteiger partial charge in [-0.3, -0.25) is 4.79 Å². The first-order valence-corrected chi connectivity index (χ1v) is 13.2. The molecule has 11 heteroatoms. The van der Waals surface area contributed by atoms with Gasteiger partial charge in [-0.15, -0.1) is 0 Å². The van der Waals surface area contributed by atoms with Crippen molar-refractivity contribution in [3.8, 4) is 11.8 Å². The summed E-state index contributed by atoms with van der Waals surface area (Å²) in [6, 6.07) is 3.98. The summed E-state index contributed by atoms with van der Waals surface area (Å²) in [6.45, 7) is 2.83. The minimum atomic E-state index is -3.88. The van der Waals surface area contributed by atoms with Gasteiger partial charge in [0.1, 0.15) is 21.9 Å². The highest BCUT2D eigenvalue weighted by molar-refractivity contribution is 7.90. The van der Waals surface area contributed by atoms with Gasteiger partial charge in [0.25, 0.3) is 5.91 Å². The zero-order valence-electron chi connectivity index (χ0n) is 19.7. The molecule has 4 rings (SSSR count). The van der Waals surface area contributed by atoms with Crippen LogP contribution in [0, 0.1) is 29.5 Å². The molecule has 1 aromatic carbocycles. The molecule has 188 valence electrons. The van der Waals surface area contributed by atoms with Gasteiger partial charge in [-0.2, -0.15) is 0 Å². The number of nitrogens with one attached hydrogen (secondary N) is 1. The predicted molar refractivity (Wildman–Crippen MR) is 131 cm³/mol. The highest BCUT2D eigenvalue weighted by atomic mass is 35.5. The number of imidazole rings is 1. The molecular weight excluding hydrogens is 495 g/mol. The number of carbonyl (C=O) groups is 1. The van der Waals surface area contributed by atoms with Crippen LogP contribution >= 0.6 is 11.6 Å². The maximum atomic E-state index is 13.5. The number of anilines is 1. The lowest BCUT2D eigenvalue weighted by Crippen LogP contribution is -2.37. The molecule has 2 aliphatic carbocycles. The summed E-state index contributed by atoms with van der Waals surface area (Å²) in [6.07, 6.45) is 3.89. The monoisotopic (exact) mass is 522 g/mol. The average molecular weight is 523 g/mol. The van der Waals surface area contributed by atoms with E-state index in [0.29, 0.717) is 29.9 Å². The van der Waals surface area contributed by atoms with Gasteiger partial charge in [-0.05, 0) is 69.6 Å². The molecule has 2 aliphatic rings. The summed E-state index contributed by atoms with van der Waals surface area (Å²) in [5, 5.41) is 18.9. The summed E-state index contributed by atoms with van der Waals surface area (Å²) in [7, 11) is -2.14. The molecule has 0 bridgehead atoms. The Morgan fingerprint density at radius 1 is 1.34 bits per heavy atom. The maximum absolute atomic E-state index is 13.5. The van der Waals surface area contributed by atoms with Crippen LogP contribution in [0.1, 0.15) is 61.6 Å². The third-order valence-corrected chi connectivity index (χ3v) is 8.91. The minimum Gasteiger partial charge on any atom is -0.378 e.